The zero-order chi connectivity index (χ0) is 20.0. The highest BCUT2D eigenvalue weighted by Crippen LogP contribution is 2.15. The molecule has 7 nitrogen and oxygen atoms in total. The van der Waals surface area contributed by atoms with Crippen LogP contribution in [0.3, 0.4) is 0 Å². The molecule has 1 saturated heterocycles. The van der Waals surface area contributed by atoms with Crippen LogP contribution in [0.4, 0.5) is 5.82 Å². The Hall–Kier alpha value is -2.15. The summed E-state index contributed by atoms with van der Waals surface area (Å²) in [7, 11) is 0. The maximum absolute atomic E-state index is 12.6. The van der Waals surface area contributed by atoms with Crippen LogP contribution in [0.2, 0.25) is 0 Å². The van der Waals surface area contributed by atoms with E-state index in [0.717, 1.165) is 32.0 Å². The SMILES string of the molecule is CCOC(=O)c1ccc(N2CCN(CC(=O)N(C(C)C)C(C)C)CC2)nc1. The Kier molecular flexibility index (Phi) is 7.59. The van der Waals surface area contributed by atoms with Crippen LogP contribution in [0.25, 0.3) is 0 Å². The molecule has 0 aromatic carbocycles. The Bertz CT molecular complexity index is 615. The van der Waals surface area contributed by atoms with E-state index in [4.69, 9.17) is 4.74 Å². The van der Waals surface area contributed by atoms with Gasteiger partial charge in [0.15, 0.2) is 0 Å². The molecule has 27 heavy (non-hydrogen) atoms. The zero-order valence-corrected chi connectivity index (χ0v) is 17.1. The van der Waals surface area contributed by atoms with E-state index < -0.39 is 0 Å². The second-order valence-corrected chi connectivity index (χ2v) is 7.38. The molecule has 1 aromatic rings. The van der Waals surface area contributed by atoms with Gasteiger partial charge in [0, 0.05) is 44.5 Å². The molecule has 2 rings (SSSR count). The van der Waals surface area contributed by atoms with Crippen LogP contribution in [0, 0.1) is 0 Å². The first-order valence-electron chi connectivity index (χ1n) is 9.75. The summed E-state index contributed by atoms with van der Waals surface area (Å²) in [6.07, 6.45) is 1.56. The van der Waals surface area contributed by atoms with E-state index in [1.54, 1.807) is 19.2 Å². The summed E-state index contributed by atoms with van der Waals surface area (Å²) in [4.78, 5) is 35.0. The van der Waals surface area contributed by atoms with Gasteiger partial charge < -0.3 is 14.5 Å². The quantitative estimate of drug-likeness (QED) is 0.679. The van der Waals surface area contributed by atoms with Crippen LogP contribution in [-0.4, -0.2) is 78.1 Å². The van der Waals surface area contributed by atoms with Crippen molar-refractivity contribution in [2.75, 3.05) is 44.2 Å². The van der Waals surface area contributed by atoms with E-state index >= 15 is 0 Å². The summed E-state index contributed by atoms with van der Waals surface area (Å²) in [5, 5.41) is 0. The van der Waals surface area contributed by atoms with Crippen LogP contribution >= 0.6 is 0 Å². The van der Waals surface area contributed by atoms with Crippen molar-refractivity contribution in [1.29, 1.82) is 0 Å². The minimum Gasteiger partial charge on any atom is -0.462 e. The number of carbonyl (C=O) groups is 2. The van der Waals surface area contributed by atoms with Crippen LogP contribution in [0.5, 0.6) is 0 Å². The summed E-state index contributed by atoms with van der Waals surface area (Å²) >= 11 is 0. The second kappa shape index (κ2) is 9.69. The van der Waals surface area contributed by atoms with E-state index in [2.05, 4.69) is 42.5 Å². The molecule has 1 amide bonds. The molecule has 2 heterocycles. The highest BCUT2D eigenvalue weighted by Gasteiger charge is 2.25. The Balaban J connectivity index is 1.88. The highest BCUT2D eigenvalue weighted by atomic mass is 16.5. The van der Waals surface area contributed by atoms with Crippen molar-refractivity contribution >= 4 is 17.7 Å². The van der Waals surface area contributed by atoms with Crippen molar-refractivity contribution in [2.24, 2.45) is 0 Å². The average molecular weight is 377 g/mol. The number of pyridine rings is 1. The standard InChI is InChI=1S/C20H32N4O3/c1-6-27-20(26)17-7-8-18(21-13-17)23-11-9-22(10-12-23)14-19(25)24(15(2)3)16(4)5/h7-8,13,15-16H,6,9-12,14H2,1-5H3. The number of piperazine rings is 1. The summed E-state index contributed by atoms with van der Waals surface area (Å²) in [5.41, 5.74) is 0.465. The molecular formula is C20H32N4O3. The molecule has 1 aliphatic rings. The van der Waals surface area contributed by atoms with Gasteiger partial charge in [-0.3, -0.25) is 9.69 Å². The summed E-state index contributed by atoms with van der Waals surface area (Å²) in [5.74, 6) is 0.685. The smallest absolute Gasteiger partial charge is 0.339 e. The molecule has 1 fully saturated rings. The Labute approximate surface area is 162 Å². The minimum absolute atomic E-state index is 0.186. The number of esters is 1. The summed E-state index contributed by atoms with van der Waals surface area (Å²) in [6, 6.07) is 4.02. The average Bonchev–Trinajstić information content (AvgIpc) is 2.62. The predicted molar refractivity (Wildman–Crippen MR) is 106 cm³/mol. The van der Waals surface area contributed by atoms with Gasteiger partial charge >= 0.3 is 5.97 Å². The molecule has 0 bridgehead atoms. The van der Waals surface area contributed by atoms with E-state index in [1.165, 1.54) is 0 Å². The van der Waals surface area contributed by atoms with Crippen molar-refractivity contribution in [3.8, 4) is 0 Å². The van der Waals surface area contributed by atoms with Gasteiger partial charge in [-0.1, -0.05) is 0 Å². The molecule has 0 N–H and O–H groups in total. The second-order valence-electron chi connectivity index (χ2n) is 7.38. The van der Waals surface area contributed by atoms with E-state index in [0.29, 0.717) is 18.7 Å². The Morgan fingerprint density at radius 2 is 1.74 bits per heavy atom. The number of hydrogen-bond donors (Lipinski definition) is 0. The van der Waals surface area contributed by atoms with Gasteiger partial charge in [-0.25, -0.2) is 9.78 Å². The summed E-state index contributed by atoms with van der Waals surface area (Å²) in [6.45, 7) is 14.1. The molecular weight excluding hydrogens is 344 g/mol. The van der Waals surface area contributed by atoms with Gasteiger partial charge in [-0.2, -0.15) is 0 Å². The molecule has 7 heteroatoms. The number of aromatic nitrogens is 1. The number of carbonyl (C=O) groups excluding carboxylic acids is 2. The predicted octanol–water partition coefficient (Wildman–Crippen LogP) is 2.03. The fourth-order valence-corrected chi connectivity index (χ4v) is 3.49. The number of anilines is 1. The molecule has 1 aromatic heterocycles. The third-order valence-electron chi connectivity index (χ3n) is 4.71. The van der Waals surface area contributed by atoms with Crippen molar-refractivity contribution in [2.45, 2.75) is 46.7 Å². The Morgan fingerprint density at radius 1 is 1.11 bits per heavy atom. The number of rotatable bonds is 7. The monoisotopic (exact) mass is 376 g/mol. The van der Waals surface area contributed by atoms with E-state index in [-0.39, 0.29) is 24.0 Å². The minimum atomic E-state index is -0.347. The Morgan fingerprint density at radius 3 is 2.22 bits per heavy atom. The van der Waals surface area contributed by atoms with Crippen molar-refractivity contribution in [3.05, 3.63) is 23.9 Å². The summed E-state index contributed by atoms with van der Waals surface area (Å²) < 4.78 is 4.98. The lowest BCUT2D eigenvalue weighted by Crippen LogP contribution is -2.52. The number of ether oxygens (including phenoxy) is 1. The lowest BCUT2D eigenvalue weighted by Gasteiger charge is -2.37. The molecule has 0 radical (unpaired) electrons. The van der Waals surface area contributed by atoms with Crippen LogP contribution in [0.1, 0.15) is 45.0 Å². The molecule has 0 aliphatic carbocycles. The number of amides is 1. The van der Waals surface area contributed by atoms with Gasteiger partial charge in [0.25, 0.3) is 0 Å². The van der Waals surface area contributed by atoms with Gasteiger partial charge in [-0.15, -0.1) is 0 Å². The first kappa shape index (κ1) is 21.2. The fraction of sp³-hybridized carbons (Fsp3) is 0.650. The number of hydrogen-bond acceptors (Lipinski definition) is 6. The van der Waals surface area contributed by atoms with Crippen molar-refractivity contribution in [3.63, 3.8) is 0 Å². The van der Waals surface area contributed by atoms with Gasteiger partial charge in [0.2, 0.25) is 5.91 Å². The topological polar surface area (TPSA) is 66.0 Å². The van der Waals surface area contributed by atoms with Gasteiger partial charge in [0.1, 0.15) is 5.82 Å². The third-order valence-corrected chi connectivity index (χ3v) is 4.71. The lowest BCUT2D eigenvalue weighted by molar-refractivity contribution is -0.136. The normalized spacial score (nSPS) is 15.3. The van der Waals surface area contributed by atoms with Gasteiger partial charge in [-0.05, 0) is 46.8 Å². The van der Waals surface area contributed by atoms with Crippen molar-refractivity contribution < 1.29 is 14.3 Å². The molecule has 0 spiro atoms. The van der Waals surface area contributed by atoms with E-state index in [9.17, 15) is 9.59 Å². The fourth-order valence-electron chi connectivity index (χ4n) is 3.49. The van der Waals surface area contributed by atoms with Crippen LogP contribution < -0.4 is 4.90 Å². The first-order valence-corrected chi connectivity index (χ1v) is 9.75. The molecule has 150 valence electrons. The first-order chi connectivity index (χ1) is 12.8. The molecule has 0 unspecified atom stereocenters. The number of nitrogens with zero attached hydrogens (tertiary/aromatic N) is 4. The van der Waals surface area contributed by atoms with Crippen LogP contribution in [-0.2, 0) is 9.53 Å². The van der Waals surface area contributed by atoms with Crippen LogP contribution in [0.15, 0.2) is 18.3 Å². The highest BCUT2D eigenvalue weighted by molar-refractivity contribution is 5.89. The van der Waals surface area contributed by atoms with Crippen molar-refractivity contribution in [1.82, 2.24) is 14.8 Å². The zero-order valence-electron chi connectivity index (χ0n) is 17.1. The lowest BCUT2D eigenvalue weighted by atomic mass is 10.2. The maximum atomic E-state index is 12.6. The molecule has 0 saturated carbocycles. The largest absolute Gasteiger partial charge is 0.462 e. The maximum Gasteiger partial charge on any atom is 0.339 e. The van der Waals surface area contributed by atoms with Gasteiger partial charge in [0.05, 0.1) is 18.7 Å². The van der Waals surface area contributed by atoms with E-state index in [1.807, 2.05) is 11.0 Å². The molecule has 0 atom stereocenters. The third kappa shape index (κ3) is 5.66. The molecule has 1 aliphatic heterocycles.